The number of ether oxygens (including phenoxy) is 4. The molecule has 4 aliphatic rings. The lowest BCUT2D eigenvalue weighted by Crippen LogP contribution is -2.69. The van der Waals surface area contributed by atoms with Crippen LogP contribution < -0.4 is 11.1 Å². The second-order valence-corrected chi connectivity index (χ2v) is 22.8. The summed E-state index contributed by atoms with van der Waals surface area (Å²) in [5.74, 6) is -3.56. The van der Waals surface area contributed by atoms with Crippen molar-refractivity contribution >= 4 is 30.9 Å². The maximum atomic E-state index is 11.7. The highest BCUT2D eigenvalue weighted by molar-refractivity contribution is 7.54. The van der Waals surface area contributed by atoms with Crippen molar-refractivity contribution in [1.29, 1.82) is 0 Å². The van der Waals surface area contributed by atoms with Gasteiger partial charge in [-0.3, -0.25) is 9.55 Å². The number of carbonyl (C=O) groups excluding carboxylic acids is 1. The van der Waals surface area contributed by atoms with Crippen molar-refractivity contribution in [2.45, 2.75) is 225 Å². The first kappa shape index (κ1) is 76.7. The molecule has 0 radical (unpaired) electrons. The number of rotatable bonds is 12. The van der Waals surface area contributed by atoms with Gasteiger partial charge in [-0.1, -0.05) is 73.6 Å². The summed E-state index contributed by atoms with van der Waals surface area (Å²) < 4.78 is 42.0. The van der Waals surface area contributed by atoms with Crippen molar-refractivity contribution in [3.63, 3.8) is 0 Å². The Bertz CT molecular complexity index is 1800. The van der Waals surface area contributed by atoms with E-state index in [9.17, 15) is 60.2 Å². The summed E-state index contributed by atoms with van der Waals surface area (Å²) in [7, 11) is -0.346. The number of aryl methyl sites for hydroxylation is 2. The average molecular weight is 1160 g/mol. The summed E-state index contributed by atoms with van der Waals surface area (Å²) in [6.07, 6.45) is -0.283. The molecule has 25 nitrogen and oxygen atoms in total. The van der Waals surface area contributed by atoms with E-state index in [1.165, 1.54) is 53.1 Å². The largest absolute Gasteiger partial charge is 0.398 e. The molecule has 1 aromatic rings. The normalized spacial score (nSPS) is 32.9. The molecule has 3 aliphatic heterocycles. The van der Waals surface area contributed by atoms with Gasteiger partial charge in [0.15, 0.2) is 17.4 Å². The molecule has 1 aromatic heterocycles. The number of hydrogen-bond donors (Lipinski definition) is 13. The Hall–Kier alpha value is -2.34. The van der Waals surface area contributed by atoms with Crippen LogP contribution >= 0.6 is 19.2 Å². The minimum Gasteiger partial charge on any atom is -0.398 e. The maximum absolute atomic E-state index is 11.7. The minimum absolute atomic E-state index is 0.0533. The monoisotopic (exact) mass is 1160 g/mol. The van der Waals surface area contributed by atoms with Crippen LogP contribution in [-0.2, 0) is 39.0 Å². The van der Waals surface area contributed by atoms with Gasteiger partial charge in [0.05, 0.1) is 49.6 Å². The number of nitrogens with two attached hydrogens (primary N) is 1. The fourth-order valence-electron chi connectivity index (χ4n) is 7.63. The number of carbonyl (C=O) groups is 1. The zero-order chi connectivity index (χ0) is 60.2. The van der Waals surface area contributed by atoms with Crippen LogP contribution in [0.5, 0.6) is 0 Å². The molecule has 3 saturated heterocycles. The Morgan fingerprint density at radius 1 is 0.857 bits per heavy atom. The number of amides is 2. The molecule has 27 heteroatoms. The third-order valence-electron chi connectivity index (χ3n) is 13.0. The zero-order valence-electron chi connectivity index (χ0n) is 48.1. The average Bonchev–Trinajstić information content (AvgIpc) is 3.39. The fourth-order valence-corrected chi connectivity index (χ4v) is 9.02. The highest BCUT2D eigenvalue weighted by Crippen LogP contribution is 2.52. The van der Waals surface area contributed by atoms with Crippen LogP contribution in [0.1, 0.15) is 133 Å². The molecule has 77 heavy (non-hydrogen) atoms. The smallest absolute Gasteiger partial charge is 0.340 e. The number of hydrogen-bond acceptors (Lipinski definition) is 23. The Labute approximate surface area is 461 Å². The minimum atomic E-state index is -2.79. The van der Waals surface area contributed by atoms with E-state index in [0.29, 0.717) is 18.2 Å². The topological polar surface area (TPSA) is 396 Å². The number of aromatic nitrogens is 1. The van der Waals surface area contributed by atoms with Crippen LogP contribution in [0.25, 0.3) is 0 Å². The van der Waals surface area contributed by atoms with Crippen LogP contribution in [-0.4, -0.2) is 209 Å². The molecule has 0 aromatic carbocycles. The van der Waals surface area contributed by atoms with Gasteiger partial charge in [0.2, 0.25) is 0 Å². The molecular formula is C50H99ClN5O20P. The molecular weight excluding hydrogens is 1060 g/mol. The molecule has 0 spiro atoms. The Morgan fingerprint density at radius 3 is 1.71 bits per heavy atom. The number of nitrogen functional groups attached to an aromatic ring is 1. The summed E-state index contributed by atoms with van der Waals surface area (Å²) in [6, 6.07) is -0.488. The number of anilines is 1. The molecule has 2 amide bonds. The third kappa shape index (κ3) is 25.6. The van der Waals surface area contributed by atoms with Crippen molar-refractivity contribution in [2.75, 3.05) is 52.2 Å². The number of aliphatic hydroxyl groups excluding tert-OH is 9. The predicted molar refractivity (Wildman–Crippen MR) is 290 cm³/mol. The van der Waals surface area contributed by atoms with Crippen molar-refractivity contribution in [2.24, 2.45) is 17.1 Å². The highest BCUT2D eigenvalue weighted by Gasteiger charge is 2.52. The molecule has 1 aliphatic carbocycles. The maximum Gasteiger partial charge on any atom is 0.340 e. The van der Waals surface area contributed by atoms with Crippen LogP contribution in [0.2, 0.25) is 0 Å². The number of halogens is 1. The van der Waals surface area contributed by atoms with E-state index in [2.05, 4.69) is 29.4 Å². The summed E-state index contributed by atoms with van der Waals surface area (Å²) in [5.41, 5.74) is 8.61. The SMILES string of the molecule is CC1CCCCC1.CC1[C@H](O)[C@H](O)C(CO)O[C@]1(C)O.CCCCl.CCOP(=O)(OCC)C(C)C.CCc1cnc(C)cc1N.CN(N=O)C(=O)NC1[C@H](O)[C@H](O)C(CO)O[C@]1(C)O.CO[C@@]1(C)OC(C)[C@@H](O)[C@@H](O)C1O. The molecule has 4 heterocycles. The summed E-state index contributed by atoms with van der Waals surface area (Å²) in [4.78, 5) is 25.7. The quantitative estimate of drug-likeness (QED) is 0.0618. The van der Waals surface area contributed by atoms with Crippen LogP contribution in [0.3, 0.4) is 0 Å². The van der Waals surface area contributed by atoms with E-state index in [1.807, 2.05) is 53.8 Å². The van der Waals surface area contributed by atoms with Gasteiger partial charge in [-0.2, -0.15) is 5.01 Å². The number of methoxy groups -OCH3 is 1. The van der Waals surface area contributed by atoms with Crippen molar-refractivity contribution in [3.8, 4) is 0 Å². The molecule has 4 fully saturated rings. The van der Waals surface area contributed by atoms with Crippen LogP contribution in [0.15, 0.2) is 17.5 Å². The predicted octanol–water partition coefficient (Wildman–Crippen LogP) is 3.21. The van der Waals surface area contributed by atoms with Gasteiger partial charge in [0.25, 0.3) is 0 Å². The Morgan fingerprint density at radius 2 is 1.34 bits per heavy atom. The number of nitrogens with one attached hydrogen (secondary N) is 1. The van der Waals surface area contributed by atoms with Gasteiger partial charge >= 0.3 is 13.6 Å². The van der Waals surface area contributed by atoms with Crippen molar-refractivity contribution in [3.05, 3.63) is 28.4 Å². The molecule has 0 bridgehead atoms. The van der Waals surface area contributed by atoms with Crippen molar-refractivity contribution < 1.29 is 93.5 Å². The van der Waals surface area contributed by atoms with Gasteiger partial charge < -0.3 is 95.2 Å². The van der Waals surface area contributed by atoms with Gasteiger partial charge in [-0.15, -0.1) is 16.5 Å². The van der Waals surface area contributed by atoms with Gasteiger partial charge in [0.1, 0.15) is 54.9 Å². The van der Waals surface area contributed by atoms with E-state index in [4.69, 9.17) is 55.5 Å². The van der Waals surface area contributed by atoms with E-state index in [0.717, 1.165) is 55.6 Å². The first-order chi connectivity index (χ1) is 35.7. The van der Waals surface area contributed by atoms with Gasteiger partial charge in [-0.05, 0) is 78.9 Å². The second-order valence-electron chi connectivity index (χ2n) is 19.8. The Kier molecular flexibility index (Phi) is 37.5. The molecule has 15 atom stereocenters. The summed E-state index contributed by atoms with van der Waals surface area (Å²) >= 11 is 5.19. The zero-order valence-corrected chi connectivity index (χ0v) is 49.7. The standard InChI is InChI=1S/C9H17N3O7.C8H12N2.2C8H16O5.C7H17O3P.C7H14.C3H7Cl/c1-9(17)7(10-8(16)12(2)11-18)6(15)5(14)4(3-13)19-9;1-3-7-5-10-6(2)4-8(7)9;1-4-5(9)6(10)7(11)8(2,12-3)13-4;1-4-6(10)7(11)5(3-9)13-8(4,2)12;1-5-9-11(8,7(3)4)10-6-2;1-7-5-3-2-4-6-7;1-2-3-4/h4-7,13-15,17H,3H2,1-2H3,(H,10,16);4-5H,3H2,1-2H3,(H2,9,10);4-7,9-11H,1-3H3;4-7,9-12H,3H2,1-2H3;7H,5-6H2,1-4H3;7H,2-6H2,1H3;2-3H2,1H3/t4?,5-,6-,7?,9+;;4?,5-,6-,7?,8+;4?,5?,6-,7+,8-;;;/m1.10.../s1. The number of nitrogens with zero attached hydrogens (tertiary/aromatic N) is 3. The Balaban J connectivity index is 0. The van der Waals surface area contributed by atoms with Crippen LogP contribution in [0, 0.1) is 23.7 Å². The molecule has 456 valence electrons. The molecule has 6 unspecified atom stereocenters. The lowest BCUT2D eigenvalue weighted by Gasteiger charge is -2.46. The van der Waals surface area contributed by atoms with E-state index in [1.54, 1.807) is 13.8 Å². The fraction of sp³-hybridized carbons (Fsp3) is 0.880. The number of nitroso groups, excluding NO2 is 1. The lowest BCUT2D eigenvalue weighted by molar-refractivity contribution is -0.343. The van der Waals surface area contributed by atoms with Gasteiger partial charge in [0, 0.05) is 43.5 Å². The molecule has 14 N–H and O–H groups in total. The summed E-state index contributed by atoms with van der Waals surface area (Å²) in [5, 5.41) is 109. The van der Waals surface area contributed by atoms with E-state index >= 15 is 0 Å². The number of aliphatic hydroxyl groups is 11. The van der Waals surface area contributed by atoms with Gasteiger partial charge in [-0.25, -0.2) is 4.79 Å². The van der Waals surface area contributed by atoms with Crippen molar-refractivity contribution in [1.82, 2.24) is 15.3 Å². The summed E-state index contributed by atoms with van der Waals surface area (Å²) in [6.45, 7) is 22.8. The van der Waals surface area contributed by atoms with Crippen LogP contribution in [0.4, 0.5) is 10.5 Å². The molecule has 1 saturated carbocycles. The van der Waals surface area contributed by atoms with E-state index in [-0.39, 0.29) is 5.66 Å². The number of pyridine rings is 1. The first-order valence-corrected chi connectivity index (χ1v) is 28.4. The second kappa shape index (κ2) is 37.6. The highest BCUT2D eigenvalue weighted by atomic mass is 35.5. The first-order valence-electron chi connectivity index (χ1n) is 26.2. The number of urea groups is 1. The molecule has 5 rings (SSSR count). The lowest BCUT2D eigenvalue weighted by atomic mass is 9.86. The van der Waals surface area contributed by atoms with E-state index < -0.39 is 117 Å². The third-order valence-corrected chi connectivity index (χ3v) is 15.8. The number of alkyl halides is 1.